The Morgan fingerprint density at radius 2 is 1.65 bits per heavy atom. The maximum atomic E-state index is 12.8. The van der Waals surface area contributed by atoms with E-state index in [0.29, 0.717) is 5.56 Å². The van der Waals surface area contributed by atoms with Gasteiger partial charge in [0.15, 0.2) is 0 Å². The Kier molecular flexibility index (Phi) is 6.24. The van der Waals surface area contributed by atoms with Crippen LogP contribution in [-0.2, 0) is 20.8 Å². The summed E-state index contributed by atoms with van der Waals surface area (Å²) in [6.45, 7) is 6.72. The first-order valence-electron chi connectivity index (χ1n) is 7.23. The Hall–Kier alpha value is -2.44. The fourth-order valence-electron chi connectivity index (χ4n) is 1.55. The summed E-state index contributed by atoms with van der Waals surface area (Å²) in [5.41, 5.74) is 4.51. The van der Waals surface area contributed by atoms with Gasteiger partial charge in [0.05, 0.1) is 6.42 Å². The standard InChI is InChI=1S/C16H22FN3O3/c1-10(18-15(23)16(2,3)4)14(22)20-19-13(21)9-11-5-7-12(17)8-6-11/h5-8,10H,9H2,1-4H3,(H,18,23)(H,19,21)(H,20,22). The van der Waals surface area contributed by atoms with Crippen molar-refractivity contribution in [2.75, 3.05) is 0 Å². The minimum atomic E-state index is -0.784. The first-order valence-corrected chi connectivity index (χ1v) is 7.23. The molecule has 1 atom stereocenters. The maximum Gasteiger partial charge on any atom is 0.260 e. The number of hydrazine groups is 1. The second-order valence-corrected chi connectivity index (χ2v) is 6.29. The molecule has 0 radical (unpaired) electrons. The van der Waals surface area contributed by atoms with Crippen molar-refractivity contribution < 1.29 is 18.8 Å². The number of carbonyl (C=O) groups is 3. The minimum Gasteiger partial charge on any atom is -0.344 e. The fourth-order valence-corrected chi connectivity index (χ4v) is 1.55. The molecule has 0 bridgehead atoms. The van der Waals surface area contributed by atoms with Gasteiger partial charge in [-0.2, -0.15) is 0 Å². The first kappa shape index (κ1) is 18.6. The summed E-state index contributed by atoms with van der Waals surface area (Å²) in [6, 6.07) is 4.70. The molecule has 0 aliphatic rings. The second kappa shape index (κ2) is 7.71. The van der Waals surface area contributed by atoms with E-state index in [1.165, 1.54) is 31.2 Å². The van der Waals surface area contributed by atoms with E-state index in [9.17, 15) is 18.8 Å². The number of nitrogens with one attached hydrogen (secondary N) is 3. The summed E-state index contributed by atoms with van der Waals surface area (Å²) >= 11 is 0. The number of hydrogen-bond donors (Lipinski definition) is 3. The zero-order chi connectivity index (χ0) is 17.6. The molecule has 7 heteroatoms. The van der Waals surface area contributed by atoms with Crippen molar-refractivity contribution in [3.63, 3.8) is 0 Å². The molecule has 3 N–H and O–H groups in total. The van der Waals surface area contributed by atoms with E-state index in [1.807, 2.05) is 0 Å². The molecular weight excluding hydrogens is 301 g/mol. The van der Waals surface area contributed by atoms with Gasteiger partial charge < -0.3 is 5.32 Å². The SMILES string of the molecule is CC(NC(=O)C(C)(C)C)C(=O)NNC(=O)Cc1ccc(F)cc1. The Labute approximate surface area is 134 Å². The molecule has 0 saturated heterocycles. The van der Waals surface area contributed by atoms with Crippen LogP contribution >= 0.6 is 0 Å². The molecule has 1 rings (SSSR count). The van der Waals surface area contributed by atoms with Crippen molar-refractivity contribution in [3.8, 4) is 0 Å². The van der Waals surface area contributed by atoms with Gasteiger partial charge >= 0.3 is 0 Å². The van der Waals surface area contributed by atoms with E-state index in [-0.39, 0.29) is 18.1 Å². The Morgan fingerprint density at radius 1 is 1.09 bits per heavy atom. The van der Waals surface area contributed by atoms with Crippen molar-refractivity contribution >= 4 is 17.7 Å². The van der Waals surface area contributed by atoms with Crippen LogP contribution in [0.15, 0.2) is 24.3 Å². The highest BCUT2D eigenvalue weighted by atomic mass is 19.1. The van der Waals surface area contributed by atoms with Crippen molar-refractivity contribution in [1.29, 1.82) is 0 Å². The van der Waals surface area contributed by atoms with Gasteiger partial charge in [0, 0.05) is 5.41 Å². The van der Waals surface area contributed by atoms with Gasteiger partial charge in [0.1, 0.15) is 11.9 Å². The number of rotatable bonds is 4. The van der Waals surface area contributed by atoms with Crippen LogP contribution in [0.25, 0.3) is 0 Å². The van der Waals surface area contributed by atoms with E-state index in [1.54, 1.807) is 20.8 Å². The second-order valence-electron chi connectivity index (χ2n) is 6.29. The summed E-state index contributed by atoms with van der Waals surface area (Å²) < 4.78 is 12.8. The fraction of sp³-hybridized carbons (Fsp3) is 0.438. The average Bonchev–Trinajstić information content (AvgIpc) is 2.46. The third-order valence-electron chi connectivity index (χ3n) is 3.03. The van der Waals surface area contributed by atoms with Gasteiger partial charge in [-0.3, -0.25) is 25.2 Å². The highest BCUT2D eigenvalue weighted by Gasteiger charge is 2.25. The number of amides is 3. The Bertz CT molecular complexity index is 579. The van der Waals surface area contributed by atoms with Crippen molar-refractivity contribution in [2.45, 2.75) is 40.2 Å². The van der Waals surface area contributed by atoms with Crippen LogP contribution in [0.3, 0.4) is 0 Å². The Balaban J connectivity index is 2.41. The highest BCUT2D eigenvalue weighted by Crippen LogP contribution is 2.12. The van der Waals surface area contributed by atoms with E-state index in [0.717, 1.165) is 0 Å². The molecule has 0 aromatic heterocycles. The summed E-state index contributed by atoms with van der Waals surface area (Å²) in [5.74, 6) is -1.63. The smallest absolute Gasteiger partial charge is 0.260 e. The Morgan fingerprint density at radius 3 is 2.17 bits per heavy atom. The van der Waals surface area contributed by atoms with Gasteiger partial charge in [0.2, 0.25) is 11.8 Å². The molecule has 1 aromatic rings. The molecule has 0 saturated carbocycles. The monoisotopic (exact) mass is 323 g/mol. The first-order chi connectivity index (χ1) is 10.6. The van der Waals surface area contributed by atoms with E-state index >= 15 is 0 Å². The van der Waals surface area contributed by atoms with Crippen LogP contribution in [0, 0.1) is 11.2 Å². The largest absolute Gasteiger partial charge is 0.344 e. The van der Waals surface area contributed by atoms with Crippen molar-refractivity contribution in [3.05, 3.63) is 35.6 Å². The maximum absolute atomic E-state index is 12.8. The molecule has 23 heavy (non-hydrogen) atoms. The van der Waals surface area contributed by atoms with Crippen LogP contribution < -0.4 is 16.2 Å². The summed E-state index contributed by atoms with van der Waals surface area (Å²) in [4.78, 5) is 35.3. The molecule has 1 unspecified atom stereocenters. The molecule has 1 aromatic carbocycles. The lowest BCUT2D eigenvalue weighted by Gasteiger charge is -2.21. The number of benzene rings is 1. The van der Waals surface area contributed by atoms with Gasteiger partial charge in [-0.25, -0.2) is 4.39 Å². The molecule has 0 spiro atoms. The van der Waals surface area contributed by atoms with Crippen LogP contribution in [0.5, 0.6) is 0 Å². The normalized spacial score (nSPS) is 12.2. The van der Waals surface area contributed by atoms with Crippen LogP contribution in [0.4, 0.5) is 4.39 Å². The topological polar surface area (TPSA) is 87.3 Å². The zero-order valence-corrected chi connectivity index (χ0v) is 13.7. The highest BCUT2D eigenvalue weighted by molar-refractivity contribution is 5.90. The molecule has 0 aliphatic heterocycles. The lowest BCUT2D eigenvalue weighted by atomic mass is 9.95. The molecule has 3 amide bonds. The van der Waals surface area contributed by atoms with Crippen LogP contribution in [0.2, 0.25) is 0 Å². The van der Waals surface area contributed by atoms with Crippen molar-refractivity contribution in [1.82, 2.24) is 16.2 Å². The molecule has 126 valence electrons. The summed E-state index contributed by atoms with van der Waals surface area (Å²) in [7, 11) is 0. The lowest BCUT2D eigenvalue weighted by molar-refractivity contribution is -0.134. The van der Waals surface area contributed by atoms with Gasteiger partial charge in [-0.15, -0.1) is 0 Å². The van der Waals surface area contributed by atoms with Gasteiger partial charge in [-0.1, -0.05) is 32.9 Å². The number of carbonyl (C=O) groups excluding carboxylic acids is 3. The van der Waals surface area contributed by atoms with Crippen LogP contribution in [-0.4, -0.2) is 23.8 Å². The lowest BCUT2D eigenvalue weighted by Crippen LogP contribution is -2.53. The van der Waals surface area contributed by atoms with E-state index < -0.39 is 23.3 Å². The molecule has 0 heterocycles. The van der Waals surface area contributed by atoms with E-state index in [2.05, 4.69) is 16.2 Å². The number of hydrogen-bond acceptors (Lipinski definition) is 3. The molecular formula is C16H22FN3O3. The predicted molar refractivity (Wildman–Crippen MR) is 83.4 cm³/mol. The van der Waals surface area contributed by atoms with Crippen LogP contribution in [0.1, 0.15) is 33.3 Å². The zero-order valence-electron chi connectivity index (χ0n) is 13.7. The summed E-state index contributed by atoms with van der Waals surface area (Å²) in [6.07, 6.45) is 0.00327. The van der Waals surface area contributed by atoms with Gasteiger partial charge in [0.25, 0.3) is 5.91 Å². The number of halogens is 1. The molecule has 0 aliphatic carbocycles. The molecule has 6 nitrogen and oxygen atoms in total. The minimum absolute atomic E-state index is 0.00327. The van der Waals surface area contributed by atoms with Gasteiger partial charge in [-0.05, 0) is 24.6 Å². The molecule has 0 fully saturated rings. The quantitative estimate of drug-likeness (QED) is 0.724. The predicted octanol–water partition coefficient (Wildman–Crippen LogP) is 1.07. The third kappa shape index (κ3) is 6.46. The van der Waals surface area contributed by atoms with Crippen molar-refractivity contribution in [2.24, 2.45) is 5.41 Å². The average molecular weight is 323 g/mol. The van der Waals surface area contributed by atoms with E-state index in [4.69, 9.17) is 0 Å². The third-order valence-corrected chi connectivity index (χ3v) is 3.03. The summed E-state index contributed by atoms with van der Waals surface area (Å²) in [5, 5.41) is 2.56.